The van der Waals surface area contributed by atoms with E-state index in [-0.39, 0.29) is 0 Å². The SMILES string of the molecule is Cc1cc(C)c(CC(Oc2ccc(Cl)cc2)C(=O)O)c(C)c1. The normalized spacial score (nSPS) is 12.0. The summed E-state index contributed by atoms with van der Waals surface area (Å²) in [5.74, 6) is -0.478. The second kappa shape index (κ2) is 6.84. The summed E-state index contributed by atoms with van der Waals surface area (Å²) in [4.78, 5) is 11.5. The van der Waals surface area contributed by atoms with Gasteiger partial charge in [0.25, 0.3) is 0 Å². The Morgan fingerprint density at radius 3 is 2.18 bits per heavy atom. The average Bonchev–Trinajstić information content (AvgIpc) is 2.43. The predicted octanol–water partition coefficient (Wildman–Crippen LogP) is 4.34. The molecule has 22 heavy (non-hydrogen) atoms. The van der Waals surface area contributed by atoms with E-state index in [0.717, 1.165) is 16.7 Å². The summed E-state index contributed by atoms with van der Waals surface area (Å²) in [7, 11) is 0. The zero-order chi connectivity index (χ0) is 16.3. The summed E-state index contributed by atoms with van der Waals surface area (Å²) in [5, 5.41) is 10.0. The van der Waals surface area contributed by atoms with Gasteiger partial charge in [-0.05, 0) is 61.7 Å². The lowest BCUT2D eigenvalue weighted by Crippen LogP contribution is -2.30. The zero-order valence-corrected chi connectivity index (χ0v) is 13.6. The maximum absolute atomic E-state index is 11.5. The molecule has 2 aromatic carbocycles. The molecular formula is C18H19ClO3. The van der Waals surface area contributed by atoms with Crippen molar-refractivity contribution in [2.45, 2.75) is 33.3 Å². The Balaban J connectivity index is 2.23. The van der Waals surface area contributed by atoms with Crippen molar-refractivity contribution in [3.8, 4) is 5.75 Å². The maximum atomic E-state index is 11.5. The Morgan fingerprint density at radius 1 is 1.14 bits per heavy atom. The minimum Gasteiger partial charge on any atom is -0.478 e. The first kappa shape index (κ1) is 16.4. The van der Waals surface area contributed by atoms with Crippen molar-refractivity contribution in [2.75, 3.05) is 0 Å². The van der Waals surface area contributed by atoms with Crippen molar-refractivity contribution < 1.29 is 14.6 Å². The molecule has 1 N–H and O–H groups in total. The van der Waals surface area contributed by atoms with Crippen LogP contribution in [0.5, 0.6) is 5.75 Å². The standard InChI is InChI=1S/C18H19ClO3/c1-11-8-12(2)16(13(3)9-11)10-17(18(20)21)22-15-6-4-14(19)5-7-15/h4-9,17H,10H2,1-3H3,(H,20,21). The number of ether oxygens (including phenoxy) is 1. The van der Waals surface area contributed by atoms with E-state index < -0.39 is 12.1 Å². The van der Waals surface area contributed by atoms with Gasteiger partial charge in [0.15, 0.2) is 6.10 Å². The predicted molar refractivity (Wildman–Crippen MR) is 87.9 cm³/mol. The molecule has 3 nitrogen and oxygen atoms in total. The quantitative estimate of drug-likeness (QED) is 0.892. The average molecular weight is 319 g/mol. The van der Waals surface area contributed by atoms with Gasteiger partial charge in [0, 0.05) is 11.4 Å². The van der Waals surface area contributed by atoms with Crippen LogP contribution in [-0.4, -0.2) is 17.2 Å². The van der Waals surface area contributed by atoms with E-state index >= 15 is 0 Å². The van der Waals surface area contributed by atoms with Crippen LogP contribution < -0.4 is 4.74 Å². The molecule has 2 aromatic rings. The van der Waals surface area contributed by atoms with Gasteiger partial charge < -0.3 is 9.84 Å². The van der Waals surface area contributed by atoms with Crippen molar-refractivity contribution in [3.05, 3.63) is 63.7 Å². The molecule has 0 spiro atoms. The largest absolute Gasteiger partial charge is 0.478 e. The number of carboxylic acids is 1. The van der Waals surface area contributed by atoms with Gasteiger partial charge in [0.05, 0.1) is 0 Å². The molecule has 0 heterocycles. The van der Waals surface area contributed by atoms with Gasteiger partial charge in [-0.25, -0.2) is 4.79 Å². The minimum absolute atomic E-state index is 0.329. The number of hydrogen-bond acceptors (Lipinski definition) is 2. The molecule has 0 saturated carbocycles. The molecule has 0 aliphatic carbocycles. The van der Waals surface area contributed by atoms with E-state index in [9.17, 15) is 9.90 Å². The van der Waals surface area contributed by atoms with E-state index in [0.29, 0.717) is 17.2 Å². The van der Waals surface area contributed by atoms with E-state index in [1.165, 1.54) is 5.56 Å². The van der Waals surface area contributed by atoms with Crippen LogP contribution in [0.3, 0.4) is 0 Å². The van der Waals surface area contributed by atoms with Crippen LogP contribution in [0.25, 0.3) is 0 Å². The highest BCUT2D eigenvalue weighted by Crippen LogP contribution is 2.22. The Labute approximate surface area is 135 Å². The lowest BCUT2D eigenvalue weighted by atomic mass is 9.95. The van der Waals surface area contributed by atoms with E-state index in [1.807, 2.05) is 20.8 Å². The van der Waals surface area contributed by atoms with Crippen LogP contribution in [0.4, 0.5) is 0 Å². The smallest absolute Gasteiger partial charge is 0.345 e. The molecule has 4 heteroatoms. The number of rotatable bonds is 5. The molecule has 0 aromatic heterocycles. The highest BCUT2D eigenvalue weighted by molar-refractivity contribution is 6.30. The first-order chi connectivity index (χ1) is 10.4. The number of halogens is 1. The van der Waals surface area contributed by atoms with Gasteiger partial charge in [-0.3, -0.25) is 0 Å². The minimum atomic E-state index is -0.977. The Hall–Kier alpha value is -2.00. The van der Waals surface area contributed by atoms with Gasteiger partial charge in [0.2, 0.25) is 0 Å². The van der Waals surface area contributed by atoms with Crippen LogP contribution >= 0.6 is 11.6 Å². The summed E-state index contributed by atoms with van der Waals surface area (Å²) < 4.78 is 5.62. The van der Waals surface area contributed by atoms with Gasteiger partial charge in [0.1, 0.15) is 5.75 Å². The van der Waals surface area contributed by atoms with Crippen molar-refractivity contribution in [3.63, 3.8) is 0 Å². The number of aryl methyl sites for hydroxylation is 3. The van der Waals surface area contributed by atoms with Crippen LogP contribution in [0.15, 0.2) is 36.4 Å². The lowest BCUT2D eigenvalue weighted by Gasteiger charge is -2.18. The fourth-order valence-electron chi connectivity index (χ4n) is 2.57. The van der Waals surface area contributed by atoms with Gasteiger partial charge in [-0.1, -0.05) is 29.3 Å². The van der Waals surface area contributed by atoms with Crippen molar-refractivity contribution in [1.82, 2.24) is 0 Å². The summed E-state index contributed by atoms with van der Waals surface area (Å²) in [5.41, 5.74) is 4.36. The van der Waals surface area contributed by atoms with E-state index in [2.05, 4.69) is 12.1 Å². The molecule has 0 amide bonds. The molecule has 116 valence electrons. The second-order valence-electron chi connectivity index (χ2n) is 5.48. The molecule has 0 aliphatic rings. The number of carboxylic acid groups (broad SMARTS) is 1. The van der Waals surface area contributed by atoms with Gasteiger partial charge in [-0.2, -0.15) is 0 Å². The summed E-state index contributed by atoms with van der Waals surface area (Å²) in [6.07, 6.45) is -0.600. The fraction of sp³-hybridized carbons (Fsp3) is 0.278. The van der Waals surface area contributed by atoms with E-state index in [4.69, 9.17) is 16.3 Å². The Kier molecular flexibility index (Phi) is 5.09. The summed E-state index contributed by atoms with van der Waals surface area (Å²) in [6.45, 7) is 6.02. The third-order valence-electron chi connectivity index (χ3n) is 3.60. The molecular weight excluding hydrogens is 300 g/mol. The molecule has 0 fully saturated rings. The van der Waals surface area contributed by atoms with Crippen LogP contribution in [-0.2, 0) is 11.2 Å². The molecule has 0 aliphatic heterocycles. The first-order valence-electron chi connectivity index (χ1n) is 7.08. The topological polar surface area (TPSA) is 46.5 Å². The molecule has 0 saturated heterocycles. The van der Waals surface area contributed by atoms with E-state index in [1.54, 1.807) is 24.3 Å². The third kappa shape index (κ3) is 4.01. The van der Waals surface area contributed by atoms with Gasteiger partial charge in [-0.15, -0.1) is 0 Å². The number of hydrogen-bond donors (Lipinski definition) is 1. The monoisotopic (exact) mass is 318 g/mol. The summed E-state index contributed by atoms with van der Waals surface area (Å²) in [6, 6.07) is 10.8. The zero-order valence-electron chi connectivity index (χ0n) is 12.9. The molecule has 1 unspecified atom stereocenters. The molecule has 0 radical (unpaired) electrons. The highest BCUT2D eigenvalue weighted by Gasteiger charge is 2.22. The molecule has 2 rings (SSSR count). The summed E-state index contributed by atoms with van der Waals surface area (Å²) >= 11 is 5.83. The fourth-order valence-corrected chi connectivity index (χ4v) is 2.70. The second-order valence-corrected chi connectivity index (χ2v) is 5.92. The van der Waals surface area contributed by atoms with Crippen molar-refractivity contribution >= 4 is 17.6 Å². The number of benzene rings is 2. The third-order valence-corrected chi connectivity index (χ3v) is 3.85. The number of aliphatic carboxylic acids is 1. The van der Waals surface area contributed by atoms with Crippen molar-refractivity contribution in [2.24, 2.45) is 0 Å². The van der Waals surface area contributed by atoms with Crippen molar-refractivity contribution in [1.29, 1.82) is 0 Å². The molecule has 0 bridgehead atoms. The Morgan fingerprint density at radius 2 is 1.68 bits per heavy atom. The van der Waals surface area contributed by atoms with Crippen LogP contribution in [0, 0.1) is 20.8 Å². The lowest BCUT2D eigenvalue weighted by molar-refractivity contribution is -0.145. The van der Waals surface area contributed by atoms with Gasteiger partial charge >= 0.3 is 5.97 Å². The maximum Gasteiger partial charge on any atom is 0.345 e. The van der Waals surface area contributed by atoms with Crippen LogP contribution in [0.1, 0.15) is 22.3 Å². The molecule has 1 atom stereocenters. The highest BCUT2D eigenvalue weighted by atomic mass is 35.5. The number of carbonyl (C=O) groups is 1. The van der Waals surface area contributed by atoms with Crippen LogP contribution in [0.2, 0.25) is 5.02 Å². The Bertz CT molecular complexity index is 654. The first-order valence-corrected chi connectivity index (χ1v) is 7.46.